The highest BCUT2D eigenvalue weighted by Crippen LogP contribution is 2.16. The van der Waals surface area contributed by atoms with Crippen molar-refractivity contribution in [1.29, 1.82) is 0 Å². The third kappa shape index (κ3) is 3.67. The molecule has 7 heteroatoms. The lowest BCUT2D eigenvalue weighted by Gasteiger charge is -2.33. The Morgan fingerprint density at radius 3 is 2.77 bits per heavy atom. The number of piperazine rings is 1. The number of fused-ring (bicyclic) bond motifs is 1. The minimum atomic E-state index is -0.0255. The van der Waals surface area contributed by atoms with Gasteiger partial charge in [-0.3, -0.25) is 9.69 Å². The third-order valence-electron chi connectivity index (χ3n) is 4.42. The molecule has 1 amide bonds. The van der Waals surface area contributed by atoms with E-state index >= 15 is 0 Å². The second kappa shape index (κ2) is 7.13. The molecule has 0 N–H and O–H groups in total. The first-order chi connectivity index (χ1) is 12.7. The molecular weight excluding hydrogens is 332 g/mol. The fourth-order valence-electron chi connectivity index (χ4n) is 3.05. The lowest BCUT2D eigenvalue weighted by molar-refractivity contribution is -0.127. The normalized spacial score (nSPS) is 16.0. The first kappa shape index (κ1) is 16.5. The van der Waals surface area contributed by atoms with Crippen molar-refractivity contribution in [1.82, 2.24) is 19.9 Å². The van der Waals surface area contributed by atoms with Crippen molar-refractivity contribution in [2.75, 3.05) is 26.2 Å². The number of para-hydroxylation sites is 2. The zero-order valence-electron chi connectivity index (χ0n) is 14.6. The molecule has 0 saturated carbocycles. The zero-order chi connectivity index (χ0) is 17.9. The van der Waals surface area contributed by atoms with E-state index in [0.29, 0.717) is 19.0 Å². The first-order valence-electron chi connectivity index (χ1n) is 8.64. The Morgan fingerprint density at radius 2 is 2.04 bits per heavy atom. The number of benzene rings is 1. The highest BCUT2D eigenvalue weighted by Gasteiger charge is 2.20. The van der Waals surface area contributed by atoms with E-state index in [4.69, 9.17) is 8.94 Å². The molecule has 0 aliphatic carbocycles. The second-order valence-corrected chi connectivity index (χ2v) is 6.39. The van der Waals surface area contributed by atoms with E-state index < -0.39 is 0 Å². The number of hydrogen-bond acceptors (Lipinski definition) is 6. The minimum Gasteiger partial charge on any atom is -0.437 e. The molecule has 3 heterocycles. The molecule has 1 fully saturated rings. The maximum Gasteiger partial charge on any atom is 0.246 e. The maximum atomic E-state index is 12.4. The Bertz CT molecular complexity index is 902. The van der Waals surface area contributed by atoms with Gasteiger partial charge < -0.3 is 13.8 Å². The van der Waals surface area contributed by atoms with Crippen molar-refractivity contribution >= 4 is 23.1 Å². The van der Waals surface area contributed by atoms with Gasteiger partial charge in [0.15, 0.2) is 11.3 Å². The molecule has 4 rings (SSSR count). The summed E-state index contributed by atoms with van der Waals surface area (Å²) < 4.78 is 10.9. The number of amides is 1. The van der Waals surface area contributed by atoms with Crippen molar-refractivity contribution in [3.63, 3.8) is 0 Å². The van der Waals surface area contributed by atoms with Gasteiger partial charge in [-0.25, -0.2) is 4.98 Å². The number of aryl methyl sites for hydroxylation is 1. The molecule has 1 aromatic carbocycles. The quantitative estimate of drug-likeness (QED) is 0.672. The van der Waals surface area contributed by atoms with E-state index in [1.165, 1.54) is 6.08 Å². The Balaban J connectivity index is 1.31. The minimum absolute atomic E-state index is 0.0255. The first-order valence-corrected chi connectivity index (χ1v) is 8.64. The lowest BCUT2D eigenvalue weighted by atomic mass is 10.2. The van der Waals surface area contributed by atoms with Gasteiger partial charge in [0.05, 0.1) is 12.2 Å². The molecule has 134 valence electrons. The maximum absolute atomic E-state index is 12.4. The average molecular weight is 352 g/mol. The van der Waals surface area contributed by atoms with E-state index in [-0.39, 0.29) is 5.91 Å². The van der Waals surface area contributed by atoms with Crippen molar-refractivity contribution in [3.05, 3.63) is 53.8 Å². The van der Waals surface area contributed by atoms with Crippen molar-refractivity contribution in [2.45, 2.75) is 13.5 Å². The zero-order valence-corrected chi connectivity index (χ0v) is 14.6. The molecule has 7 nitrogen and oxygen atoms in total. The fraction of sp³-hybridized carbons (Fsp3) is 0.316. The summed E-state index contributed by atoms with van der Waals surface area (Å²) in [7, 11) is 0. The third-order valence-corrected chi connectivity index (χ3v) is 4.42. The van der Waals surface area contributed by atoms with Gasteiger partial charge in [0, 0.05) is 44.4 Å². The number of rotatable bonds is 4. The standard InChI is InChI=1S/C19H20N4O3/c1-14-12-15(26-21-14)13-22-8-10-23(11-9-22)19(24)7-6-18-20-16-4-2-3-5-17(16)25-18/h2-7,12H,8-11,13H2,1H3/b7-6+. The molecule has 0 radical (unpaired) electrons. The van der Waals surface area contributed by atoms with Gasteiger partial charge in [-0.1, -0.05) is 17.3 Å². The van der Waals surface area contributed by atoms with E-state index in [9.17, 15) is 4.79 Å². The SMILES string of the molecule is Cc1cc(CN2CCN(C(=O)/C=C/c3nc4ccccc4o3)CC2)on1. The summed E-state index contributed by atoms with van der Waals surface area (Å²) in [6.07, 6.45) is 3.16. The van der Waals surface area contributed by atoms with E-state index in [0.717, 1.165) is 42.2 Å². The topological polar surface area (TPSA) is 75.6 Å². The smallest absolute Gasteiger partial charge is 0.246 e. The van der Waals surface area contributed by atoms with Gasteiger partial charge in [-0.15, -0.1) is 0 Å². The van der Waals surface area contributed by atoms with Gasteiger partial charge >= 0.3 is 0 Å². The molecule has 2 aromatic heterocycles. The van der Waals surface area contributed by atoms with Crippen LogP contribution in [0.2, 0.25) is 0 Å². The Kier molecular flexibility index (Phi) is 4.53. The van der Waals surface area contributed by atoms with Gasteiger partial charge in [-0.05, 0) is 19.1 Å². The molecule has 0 spiro atoms. The number of hydrogen-bond donors (Lipinski definition) is 0. The molecule has 3 aromatic rings. The van der Waals surface area contributed by atoms with Gasteiger partial charge in [-0.2, -0.15) is 0 Å². The van der Waals surface area contributed by atoms with Crippen LogP contribution in [0.25, 0.3) is 17.2 Å². The van der Waals surface area contributed by atoms with E-state index in [1.54, 1.807) is 6.08 Å². The summed E-state index contributed by atoms with van der Waals surface area (Å²) in [4.78, 5) is 20.8. The van der Waals surface area contributed by atoms with Crippen molar-refractivity contribution < 1.29 is 13.7 Å². The van der Waals surface area contributed by atoms with Crippen LogP contribution in [0.3, 0.4) is 0 Å². The Hall–Kier alpha value is -2.93. The average Bonchev–Trinajstić information content (AvgIpc) is 3.25. The summed E-state index contributed by atoms with van der Waals surface area (Å²) in [5, 5.41) is 3.90. The van der Waals surface area contributed by atoms with Crippen LogP contribution in [-0.4, -0.2) is 52.0 Å². The van der Waals surface area contributed by atoms with Gasteiger partial charge in [0.25, 0.3) is 0 Å². The highest BCUT2D eigenvalue weighted by molar-refractivity contribution is 5.91. The molecule has 1 aliphatic heterocycles. The monoisotopic (exact) mass is 352 g/mol. The summed E-state index contributed by atoms with van der Waals surface area (Å²) in [6.45, 7) is 5.62. The molecule has 0 unspecified atom stereocenters. The number of oxazole rings is 1. The Morgan fingerprint density at radius 1 is 1.23 bits per heavy atom. The van der Waals surface area contributed by atoms with Crippen LogP contribution in [0, 0.1) is 6.92 Å². The molecule has 1 saturated heterocycles. The molecule has 1 aliphatic rings. The second-order valence-electron chi connectivity index (χ2n) is 6.39. The largest absolute Gasteiger partial charge is 0.437 e. The fourth-order valence-corrected chi connectivity index (χ4v) is 3.05. The predicted molar refractivity (Wildman–Crippen MR) is 96.1 cm³/mol. The van der Waals surface area contributed by atoms with Crippen LogP contribution in [0.5, 0.6) is 0 Å². The summed E-state index contributed by atoms with van der Waals surface area (Å²) in [5.41, 5.74) is 2.39. The van der Waals surface area contributed by atoms with E-state index in [2.05, 4.69) is 15.0 Å². The molecular formula is C19H20N4O3. The number of carbonyl (C=O) groups excluding carboxylic acids is 1. The summed E-state index contributed by atoms with van der Waals surface area (Å²) >= 11 is 0. The van der Waals surface area contributed by atoms with Crippen LogP contribution < -0.4 is 0 Å². The number of carbonyl (C=O) groups is 1. The van der Waals surface area contributed by atoms with Gasteiger partial charge in [0.1, 0.15) is 5.52 Å². The van der Waals surface area contributed by atoms with Crippen molar-refractivity contribution in [3.8, 4) is 0 Å². The van der Waals surface area contributed by atoms with Crippen LogP contribution >= 0.6 is 0 Å². The summed E-state index contributed by atoms with van der Waals surface area (Å²) in [5.74, 6) is 1.28. The molecule has 0 atom stereocenters. The van der Waals surface area contributed by atoms with Gasteiger partial charge in [0.2, 0.25) is 11.8 Å². The van der Waals surface area contributed by atoms with Crippen LogP contribution in [0.1, 0.15) is 17.3 Å². The summed E-state index contributed by atoms with van der Waals surface area (Å²) in [6, 6.07) is 9.49. The van der Waals surface area contributed by atoms with Crippen LogP contribution in [0.15, 0.2) is 45.3 Å². The highest BCUT2D eigenvalue weighted by atomic mass is 16.5. The molecule has 26 heavy (non-hydrogen) atoms. The van der Waals surface area contributed by atoms with Crippen molar-refractivity contribution in [2.24, 2.45) is 0 Å². The molecule has 0 bridgehead atoms. The predicted octanol–water partition coefficient (Wildman–Crippen LogP) is 2.48. The number of aromatic nitrogens is 2. The lowest BCUT2D eigenvalue weighted by Crippen LogP contribution is -2.47. The Labute approximate surface area is 150 Å². The van der Waals surface area contributed by atoms with E-state index in [1.807, 2.05) is 42.2 Å². The number of nitrogens with zero attached hydrogens (tertiary/aromatic N) is 4. The van der Waals surface area contributed by atoms with Crippen LogP contribution in [-0.2, 0) is 11.3 Å². The van der Waals surface area contributed by atoms with Crippen LogP contribution in [0.4, 0.5) is 0 Å².